The second kappa shape index (κ2) is 3.16. The molecule has 1 N–H and O–H groups in total. The van der Waals surface area contributed by atoms with Gasteiger partial charge >= 0.3 is 5.97 Å². The Balaban J connectivity index is 2.81. The topological polar surface area (TPSA) is 76.2 Å². The van der Waals surface area contributed by atoms with Gasteiger partial charge in [-0.2, -0.15) is 4.98 Å². The standard InChI is InChI=1S/C8H12N2O3/c1-8(2,3)7-9-5(10-13-7)4-6(11)12/h4H2,1-3H3,(H,11,12). The monoisotopic (exact) mass is 184 g/mol. The third kappa shape index (κ3) is 2.54. The molecule has 0 aliphatic carbocycles. The van der Waals surface area contributed by atoms with E-state index in [2.05, 4.69) is 10.1 Å². The lowest BCUT2D eigenvalue weighted by molar-refractivity contribution is -0.136. The number of aromatic nitrogens is 2. The zero-order valence-corrected chi connectivity index (χ0v) is 7.87. The van der Waals surface area contributed by atoms with Gasteiger partial charge in [0.05, 0.1) is 0 Å². The minimum absolute atomic E-state index is 0.195. The van der Waals surface area contributed by atoms with E-state index in [4.69, 9.17) is 9.63 Å². The fourth-order valence-electron chi connectivity index (χ4n) is 0.766. The van der Waals surface area contributed by atoms with Crippen molar-refractivity contribution in [2.75, 3.05) is 0 Å². The Hall–Kier alpha value is -1.39. The molecule has 0 radical (unpaired) electrons. The van der Waals surface area contributed by atoms with E-state index in [0.717, 1.165) is 0 Å². The zero-order valence-electron chi connectivity index (χ0n) is 7.87. The Labute approximate surface area is 75.8 Å². The summed E-state index contributed by atoms with van der Waals surface area (Å²) in [4.78, 5) is 14.3. The van der Waals surface area contributed by atoms with Crippen LogP contribution in [0.4, 0.5) is 0 Å². The number of rotatable bonds is 2. The molecule has 72 valence electrons. The van der Waals surface area contributed by atoms with Crippen LogP contribution in [0, 0.1) is 0 Å². The third-order valence-electron chi connectivity index (χ3n) is 1.42. The first-order valence-corrected chi connectivity index (χ1v) is 3.94. The normalized spacial score (nSPS) is 11.6. The number of hydrogen-bond donors (Lipinski definition) is 1. The van der Waals surface area contributed by atoms with Gasteiger partial charge in [0.2, 0.25) is 5.89 Å². The number of carboxylic acid groups (broad SMARTS) is 1. The Morgan fingerprint density at radius 3 is 2.54 bits per heavy atom. The van der Waals surface area contributed by atoms with Gasteiger partial charge in [0, 0.05) is 5.41 Å². The smallest absolute Gasteiger partial charge is 0.311 e. The van der Waals surface area contributed by atoms with Gasteiger partial charge in [-0.05, 0) is 0 Å². The van der Waals surface area contributed by atoms with Gasteiger partial charge in [0.15, 0.2) is 5.82 Å². The van der Waals surface area contributed by atoms with Crippen molar-refractivity contribution in [3.8, 4) is 0 Å². The van der Waals surface area contributed by atoms with E-state index in [1.165, 1.54) is 0 Å². The number of carbonyl (C=O) groups is 1. The molecule has 1 rings (SSSR count). The molecule has 0 aliphatic rings. The van der Waals surface area contributed by atoms with Crippen LogP contribution in [0.1, 0.15) is 32.5 Å². The van der Waals surface area contributed by atoms with Crippen LogP contribution >= 0.6 is 0 Å². The van der Waals surface area contributed by atoms with Gasteiger partial charge in [-0.25, -0.2) is 0 Å². The second-order valence-corrected chi connectivity index (χ2v) is 3.84. The van der Waals surface area contributed by atoms with E-state index in [9.17, 15) is 4.79 Å². The summed E-state index contributed by atoms with van der Waals surface area (Å²) >= 11 is 0. The van der Waals surface area contributed by atoms with Crippen molar-refractivity contribution in [3.05, 3.63) is 11.7 Å². The van der Waals surface area contributed by atoms with Crippen molar-refractivity contribution in [2.24, 2.45) is 0 Å². The summed E-state index contributed by atoms with van der Waals surface area (Å²) in [5.41, 5.74) is -0.232. The average molecular weight is 184 g/mol. The van der Waals surface area contributed by atoms with Gasteiger partial charge in [-0.3, -0.25) is 4.79 Å². The summed E-state index contributed by atoms with van der Waals surface area (Å²) in [5, 5.41) is 12.0. The van der Waals surface area contributed by atoms with Crippen molar-refractivity contribution >= 4 is 5.97 Å². The molecule has 1 aromatic heterocycles. The highest BCUT2D eigenvalue weighted by atomic mass is 16.5. The first-order chi connectivity index (χ1) is 5.89. The molecule has 0 bridgehead atoms. The van der Waals surface area contributed by atoms with Gasteiger partial charge in [0.25, 0.3) is 0 Å². The van der Waals surface area contributed by atoms with Crippen LogP contribution in [0.2, 0.25) is 0 Å². The fraction of sp³-hybridized carbons (Fsp3) is 0.625. The van der Waals surface area contributed by atoms with Crippen LogP contribution in [0.3, 0.4) is 0 Å². The lowest BCUT2D eigenvalue weighted by Crippen LogP contribution is -2.12. The fourth-order valence-corrected chi connectivity index (χ4v) is 0.766. The van der Waals surface area contributed by atoms with Crippen LogP contribution < -0.4 is 0 Å². The Bertz CT molecular complexity index is 311. The van der Waals surface area contributed by atoms with Crippen molar-refractivity contribution in [1.82, 2.24) is 10.1 Å². The molecule has 0 aliphatic heterocycles. The van der Waals surface area contributed by atoms with Crippen molar-refractivity contribution in [3.63, 3.8) is 0 Å². The molecule has 5 nitrogen and oxygen atoms in total. The maximum absolute atomic E-state index is 10.3. The predicted octanol–water partition coefficient (Wildman–Crippen LogP) is 0.994. The first kappa shape index (κ1) is 9.70. The molecular formula is C8H12N2O3. The number of aliphatic carboxylic acids is 1. The molecule has 0 aromatic carbocycles. The maximum atomic E-state index is 10.3. The molecule has 5 heteroatoms. The summed E-state index contributed by atoms with van der Waals surface area (Å²) in [6.07, 6.45) is -0.195. The largest absolute Gasteiger partial charge is 0.481 e. The molecule has 13 heavy (non-hydrogen) atoms. The number of hydrogen-bond acceptors (Lipinski definition) is 4. The van der Waals surface area contributed by atoms with E-state index in [1.807, 2.05) is 20.8 Å². The van der Waals surface area contributed by atoms with Gasteiger partial charge < -0.3 is 9.63 Å². The highest BCUT2D eigenvalue weighted by Crippen LogP contribution is 2.19. The number of nitrogens with zero attached hydrogens (tertiary/aromatic N) is 2. The summed E-state index contributed by atoms with van der Waals surface area (Å²) < 4.78 is 4.91. The molecule has 0 atom stereocenters. The predicted molar refractivity (Wildman–Crippen MR) is 44.3 cm³/mol. The summed E-state index contributed by atoms with van der Waals surface area (Å²) in [5.74, 6) is -0.276. The summed E-state index contributed by atoms with van der Waals surface area (Å²) in [7, 11) is 0. The molecule has 0 saturated carbocycles. The molecule has 0 unspecified atom stereocenters. The maximum Gasteiger partial charge on any atom is 0.311 e. The molecule has 0 spiro atoms. The van der Waals surface area contributed by atoms with E-state index in [-0.39, 0.29) is 17.7 Å². The Morgan fingerprint density at radius 1 is 1.54 bits per heavy atom. The SMILES string of the molecule is CC(C)(C)c1nc(CC(=O)O)no1. The van der Waals surface area contributed by atoms with E-state index in [1.54, 1.807) is 0 Å². The first-order valence-electron chi connectivity index (χ1n) is 3.94. The van der Waals surface area contributed by atoms with E-state index < -0.39 is 5.97 Å². The molecule has 0 saturated heterocycles. The lowest BCUT2D eigenvalue weighted by atomic mass is 9.97. The van der Waals surface area contributed by atoms with Gasteiger partial charge in [0.1, 0.15) is 6.42 Å². The van der Waals surface area contributed by atoms with Crippen LogP contribution in [-0.4, -0.2) is 21.2 Å². The van der Waals surface area contributed by atoms with Crippen LogP contribution in [0.5, 0.6) is 0 Å². The van der Waals surface area contributed by atoms with Crippen LogP contribution in [-0.2, 0) is 16.6 Å². The molecule has 0 fully saturated rings. The molecule has 1 heterocycles. The Kier molecular flexibility index (Phi) is 2.36. The molecule has 1 aromatic rings. The van der Waals surface area contributed by atoms with Crippen molar-refractivity contribution < 1.29 is 14.4 Å². The van der Waals surface area contributed by atoms with Gasteiger partial charge in [-0.1, -0.05) is 25.9 Å². The summed E-state index contributed by atoms with van der Waals surface area (Å²) in [6, 6.07) is 0. The van der Waals surface area contributed by atoms with Crippen molar-refractivity contribution in [1.29, 1.82) is 0 Å². The van der Waals surface area contributed by atoms with E-state index >= 15 is 0 Å². The summed E-state index contributed by atoms with van der Waals surface area (Å²) in [6.45, 7) is 5.77. The van der Waals surface area contributed by atoms with Gasteiger partial charge in [-0.15, -0.1) is 0 Å². The van der Waals surface area contributed by atoms with E-state index in [0.29, 0.717) is 5.89 Å². The Morgan fingerprint density at radius 2 is 2.15 bits per heavy atom. The third-order valence-corrected chi connectivity index (χ3v) is 1.42. The van der Waals surface area contributed by atoms with Crippen LogP contribution in [0.15, 0.2) is 4.52 Å². The minimum atomic E-state index is -0.957. The number of carboxylic acids is 1. The second-order valence-electron chi connectivity index (χ2n) is 3.84. The lowest BCUT2D eigenvalue weighted by Gasteiger charge is -2.10. The molecular weight excluding hydrogens is 172 g/mol. The van der Waals surface area contributed by atoms with Crippen molar-refractivity contribution in [2.45, 2.75) is 32.6 Å². The molecule has 0 amide bonds. The van der Waals surface area contributed by atoms with Crippen LogP contribution in [0.25, 0.3) is 0 Å². The zero-order chi connectivity index (χ0) is 10.1. The minimum Gasteiger partial charge on any atom is -0.481 e. The average Bonchev–Trinajstić information content (AvgIpc) is 2.32. The quantitative estimate of drug-likeness (QED) is 0.741. The highest BCUT2D eigenvalue weighted by Gasteiger charge is 2.22. The highest BCUT2D eigenvalue weighted by molar-refractivity contribution is 5.68.